The molecule has 2 amide bonds. The van der Waals surface area contributed by atoms with E-state index in [0.717, 1.165) is 49.8 Å². The van der Waals surface area contributed by atoms with Crippen LogP contribution in [0.3, 0.4) is 0 Å². The van der Waals surface area contributed by atoms with Crippen LogP contribution in [-0.4, -0.2) is 24.4 Å². The molecule has 1 aliphatic heterocycles. The first kappa shape index (κ1) is 13.2. The van der Waals surface area contributed by atoms with Crippen molar-refractivity contribution in [1.82, 2.24) is 5.32 Å². The highest BCUT2D eigenvalue weighted by Gasteiger charge is 2.29. The van der Waals surface area contributed by atoms with Gasteiger partial charge in [0.2, 0.25) is 0 Å². The van der Waals surface area contributed by atoms with Gasteiger partial charge in [-0.3, -0.25) is 9.59 Å². The Morgan fingerprint density at radius 3 is 2.65 bits per heavy atom. The van der Waals surface area contributed by atoms with E-state index in [4.69, 9.17) is 0 Å². The van der Waals surface area contributed by atoms with Crippen LogP contribution in [-0.2, 0) is 16.0 Å². The van der Waals surface area contributed by atoms with E-state index in [1.807, 2.05) is 24.3 Å². The summed E-state index contributed by atoms with van der Waals surface area (Å²) >= 11 is 0. The van der Waals surface area contributed by atoms with Gasteiger partial charge >= 0.3 is 11.8 Å². The highest BCUT2D eigenvalue weighted by Crippen LogP contribution is 2.26. The maximum Gasteiger partial charge on any atom is 0.316 e. The molecule has 1 heterocycles. The molecule has 0 spiro atoms. The Morgan fingerprint density at radius 1 is 1.10 bits per heavy atom. The fourth-order valence-corrected chi connectivity index (χ4v) is 3.18. The lowest BCUT2D eigenvalue weighted by Gasteiger charge is -2.29. The summed E-state index contributed by atoms with van der Waals surface area (Å²) in [6, 6.07) is 8.04. The highest BCUT2D eigenvalue weighted by atomic mass is 16.2. The largest absolute Gasteiger partial charge is 0.345 e. The second-order valence-corrected chi connectivity index (χ2v) is 5.64. The SMILES string of the molecule is O=C(NC1CCCC1)C(=O)N1CCCc2ccccc21. The third kappa shape index (κ3) is 2.55. The molecule has 20 heavy (non-hydrogen) atoms. The molecule has 0 saturated heterocycles. The van der Waals surface area contributed by atoms with Crippen molar-refractivity contribution in [2.45, 2.75) is 44.6 Å². The molecule has 0 unspecified atom stereocenters. The fourth-order valence-electron chi connectivity index (χ4n) is 3.18. The minimum absolute atomic E-state index is 0.187. The number of benzene rings is 1. The van der Waals surface area contributed by atoms with E-state index in [0.29, 0.717) is 6.54 Å². The average Bonchev–Trinajstić information content (AvgIpc) is 2.99. The van der Waals surface area contributed by atoms with Crippen molar-refractivity contribution in [2.75, 3.05) is 11.4 Å². The number of nitrogens with zero attached hydrogens (tertiary/aromatic N) is 1. The Balaban J connectivity index is 1.72. The molecule has 3 rings (SSSR count). The number of rotatable bonds is 1. The first-order chi connectivity index (χ1) is 9.75. The van der Waals surface area contributed by atoms with Gasteiger partial charge in [0.1, 0.15) is 0 Å². The maximum atomic E-state index is 12.4. The van der Waals surface area contributed by atoms with Crippen molar-refractivity contribution in [1.29, 1.82) is 0 Å². The predicted octanol–water partition coefficient (Wildman–Crippen LogP) is 2.02. The molecular formula is C16H20N2O2. The molecule has 1 aromatic carbocycles. The van der Waals surface area contributed by atoms with Crippen molar-refractivity contribution < 1.29 is 9.59 Å². The zero-order valence-corrected chi connectivity index (χ0v) is 11.6. The Hall–Kier alpha value is -1.84. The number of carbonyl (C=O) groups excluding carboxylic acids is 2. The molecule has 4 heteroatoms. The number of anilines is 1. The number of hydrogen-bond acceptors (Lipinski definition) is 2. The van der Waals surface area contributed by atoms with Gasteiger partial charge in [-0.1, -0.05) is 31.0 Å². The van der Waals surface area contributed by atoms with Gasteiger partial charge in [0, 0.05) is 18.3 Å². The molecule has 1 fully saturated rings. The van der Waals surface area contributed by atoms with Gasteiger partial charge in [-0.15, -0.1) is 0 Å². The van der Waals surface area contributed by atoms with E-state index in [9.17, 15) is 9.59 Å². The van der Waals surface area contributed by atoms with Gasteiger partial charge in [0.25, 0.3) is 0 Å². The monoisotopic (exact) mass is 272 g/mol. The molecule has 1 N–H and O–H groups in total. The van der Waals surface area contributed by atoms with Crippen LogP contribution in [0, 0.1) is 0 Å². The van der Waals surface area contributed by atoms with Gasteiger partial charge in [0.15, 0.2) is 0 Å². The molecule has 4 nitrogen and oxygen atoms in total. The van der Waals surface area contributed by atoms with Crippen LogP contribution in [0.5, 0.6) is 0 Å². The molecule has 0 aromatic heterocycles. The quantitative estimate of drug-likeness (QED) is 0.795. The zero-order valence-electron chi connectivity index (χ0n) is 11.6. The van der Waals surface area contributed by atoms with Crippen molar-refractivity contribution in [3.05, 3.63) is 29.8 Å². The fraction of sp³-hybridized carbons (Fsp3) is 0.500. The normalized spacial score (nSPS) is 18.7. The summed E-state index contributed by atoms with van der Waals surface area (Å²) in [6.07, 6.45) is 6.17. The topological polar surface area (TPSA) is 49.4 Å². The van der Waals surface area contributed by atoms with Crippen LogP contribution >= 0.6 is 0 Å². The average molecular weight is 272 g/mol. The molecule has 0 radical (unpaired) electrons. The van der Waals surface area contributed by atoms with E-state index >= 15 is 0 Å². The van der Waals surface area contributed by atoms with Gasteiger partial charge in [-0.05, 0) is 37.3 Å². The van der Waals surface area contributed by atoms with Crippen LogP contribution in [0.4, 0.5) is 5.69 Å². The van der Waals surface area contributed by atoms with Crippen LogP contribution < -0.4 is 10.2 Å². The summed E-state index contributed by atoms with van der Waals surface area (Å²) in [5.41, 5.74) is 2.05. The standard InChI is InChI=1S/C16H20N2O2/c19-15(17-13-8-2-3-9-13)16(20)18-11-5-7-12-6-1-4-10-14(12)18/h1,4,6,10,13H,2-3,5,7-9,11H2,(H,17,19). The summed E-state index contributed by atoms with van der Waals surface area (Å²) in [4.78, 5) is 26.1. The number of para-hydroxylation sites is 1. The molecule has 106 valence electrons. The Morgan fingerprint density at radius 2 is 1.85 bits per heavy atom. The number of aryl methyl sites for hydroxylation is 1. The number of amides is 2. The summed E-state index contributed by atoms with van der Waals surface area (Å²) in [5.74, 6) is -0.863. The maximum absolute atomic E-state index is 12.4. The van der Waals surface area contributed by atoms with E-state index in [1.165, 1.54) is 0 Å². The Bertz CT molecular complexity index is 521. The molecule has 2 aliphatic rings. The summed E-state index contributed by atoms with van der Waals surface area (Å²) in [5, 5.41) is 2.88. The van der Waals surface area contributed by atoms with Gasteiger partial charge in [-0.25, -0.2) is 0 Å². The molecule has 1 aromatic rings. The molecule has 0 atom stereocenters. The second kappa shape index (κ2) is 5.65. The molecule has 1 aliphatic carbocycles. The lowest BCUT2D eigenvalue weighted by Crippen LogP contribution is -2.47. The Labute approximate surface area is 119 Å². The number of carbonyl (C=O) groups is 2. The number of nitrogens with one attached hydrogen (secondary N) is 1. The highest BCUT2D eigenvalue weighted by molar-refractivity contribution is 6.40. The predicted molar refractivity (Wildman–Crippen MR) is 77.5 cm³/mol. The van der Waals surface area contributed by atoms with Gasteiger partial charge < -0.3 is 10.2 Å². The van der Waals surface area contributed by atoms with Crippen molar-refractivity contribution >= 4 is 17.5 Å². The first-order valence-electron chi connectivity index (χ1n) is 7.46. The molecule has 0 bridgehead atoms. The summed E-state index contributed by atoms with van der Waals surface area (Å²) in [7, 11) is 0. The number of hydrogen-bond donors (Lipinski definition) is 1. The lowest BCUT2D eigenvalue weighted by atomic mass is 10.0. The third-order valence-electron chi connectivity index (χ3n) is 4.24. The van der Waals surface area contributed by atoms with E-state index in [-0.39, 0.29) is 6.04 Å². The summed E-state index contributed by atoms with van der Waals surface area (Å²) < 4.78 is 0. The lowest BCUT2D eigenvalue weighted by molar-refractivity contribution is -0.138. The van der Waals surface area contributed by atoms with E-state index in [2.05, 4.69) is 5.32 Å². The molecule has 1 saturated carbocycles. The summed E-state index contributed by atoms with van der Waals surface area (Å²) in [6.45, 7) is 0.633. The van der Waals surface area contributed by atoms with E-state index < -0.39 is 11.8 Å². The minimum atomic E-state index is -0.450. The van der Waals surface area contributed by atoms with Crippen molar-refractivity contribution in [3.8, 4) is 0 Å². The van der Waals surface area contributed by atoms with Gasteiger partial charge in [0.05, 0.1) is 0 Å². The van der Waals surface area contributed by atoms with Crippen LogP contribution in [0.25, 0.3) is 0 Å². The smallest absolute Gasteiger partial charge is 0.316 e. The number of fused-ring (bicyclic) bond motifs is 1. The Kier molecular flexibility index (Phi) is 3.72. The minimum Gasteiger partial charge on any atom is -0.345 e. The third-order valence-corrected chi connectivity index (χ3v) is 4.24. The zero-order chi connectivity index (χ0) is 13.9. The van der Waals surface area contributed by atoms with Crippen molar-refractivity contribution in [3.63, 3.8) is 0 Å². The van der Waals surface area contributed by atoms with Crippen molar-refractivity contribution in [2.24, 2.45) is 0 Å². The van der Waals surface area contributed by atoms with Crippen LogP contribution in [0.1, 0.15) is 37.7 Å². The van der Waals surface area contributed by atoms with Crippen LogP contribution in [0.15, 0.2) is 24.3 Å². The van der Waals surface area contributed by atoms with Gasteiger partial charge in [-0.2, -0.15) is 0 Å². The van der Waals surface area contributed by atoms with E-state index in [1.54, 1.807) is 4.90 Å². The van der Waals surface area contributed by atoms with Crippen LogP contribution in [0.2, 0.25) is 0 Å². The molecular weight excluding hydrogens is 252 g/mol. The second-order valence-electron chi connectivity index (χ2n) is 5.64. The first-order valence-corrected chi connectivity index (χ1v) is 7.46.